The molecule has 0 aliphatic carbocycles. The van der Waals surface area contributed by atoms with Crippen molar-refractivity contribution < 1.29 is 22.1 Å². The van der Waals surface area contributed by atoms with E-state index < -0.39 is 0 Å². The second kappa shape index (κ2) is 5.62. The molecule has 1 saturated heterocycles. The van der Waals surface area contributed by atoms with Gasteiger partial charge in [-0.05, 0) is 27.7 Å². The summed E-state index contributed by atoms with van der Waals surface area (Å²) < 4.78 is 0.973. The van der Waals surface area contributed by atoms with E-state index in [1.807, 2.05) is 0 Å². The average Bonchev–Trinajstić information content (AvgIpc) is 1.97. The zero-order valence-corrected chi connectivity index (χ0v) is 13.7. The van der Waals surface area contributed by atoms with Crippen LogP contribution in [0.4, 0.5) is 0 Å². The van der Waals surface area contributed by atoms with Crippen molar-refractivity contribution in [3.63, 3.8) is 0 Å². The van der Waals surface area contributed by atoms with Crippen molar-refractivity contribution in [2.45, 2.75) is 57.7 Å². The van der Waals surface area contributed by atoms with Crippen LogP contribution in [0.1, 0.15) is 40.5 Å². The molecule has 1 fully saturated rings. The van der Waals surface area contributed by atoms with Crippen LogP contribution in [0.2, 0.25) is 0 Å². The maximum Gasteiger partial charge on any atom is 0.0921 e. The number of piperidine rings is 1. The van der Waals surface area contributed by atoms with Gasteiger partial charge in [0, 0.05) is 23.9 Å². The Morgan fingerprint density at radius 1 is 1.00 bits per heavy atom. The normalized spacial score (nSPS) is 24.7. The molecule has 1 aliphatic rings. The standard InChI is InChI=1S/C12H27N2O.2ClH/c1-11(2)8-10(14(5,6)7)9-12(3,4)13(11)15;;/h10,15H,8-9H2,1-7H3;2*1H/q+1;;/p-1. The quantitative estimate of drug-likeness (QED) is 0.659. The predicted octanol–water partition coefficient (Wildman–Crippen LogP) is -0.471. The first kappa shape index (κ1) is 19.8. The molecule has 0 aromatic heterocycles. The van der Waals surface area contributed by atoms with Gasteiger partial charge in [0.2, 0.25) is 0 Å². The molecule has 0 saturated carbocycles. The van der Waals surface area contributed by atoms with Gasteiger partial charge in [-0.15, -0.1) is 12.4 Å². The van der Waals surface area contributed by atoms with Gasteiger partial charge < -0.3 is 22.1 Å². The zero-order valence-electron chi connectivity index (χ0n) is 12.1. The highest BCUT2D eigenvalue weighted by atomic mass is 35.5. The number of halogens is 2. The molecular formula is C12H28Cl2N2O. The smallest absolute Gasteiger partial charge is 0.0921 e. The Balaban J connectivity index is 0. The summed E-state index contributed by atoms with van der Waals surface area (Å²) in [6.45, 7) is 8.49. The van der Waals surface area contributed by atoms with Crippen molar-refractivity contribution in [3.05, 3.63) is 0 Å². The molecule has 0 aromatic rings. The molecule has 0 aromatic carbocycles. The first-order valence-electron chi connectivity index (χ1n) is 5.77. The fourth-order valence-corrected chi connectivity index (χ4v) is 2.77. The van der Waals surface area contributed by atoms with Crippen molar-refractivity contribution in [1.29, 1.82) is 0 Å². The summed E-state index contributed by atoms with van der Waals surface area (Å²) in [6.07, 6.45) is 2.08. The molecule has 0 atom stereocenters. The number of quaternary nitrogens is 1. The molecule has 1 aliphatic heterocycles. The molecular weight excluding hydrogens is 259 g/mol. The summed E-state index contributed by atoms with van der Waals surface area (Å²) in [5.74, 6) is 0. The molecule has 0 unspecified atom stereocenters. The summed E-state index contributed by atoms with van der Waals surface area (Å²) in [5.41, 5.74) is -0.254. The van der Waals surface area contributed by atoms with Crippen LogP contribution in [0, 0.1) is 0 Å². The van der Waals surface area contributed by atoms with Gasteiger partial charge in [-0.2, -0.15) is 5.06 Å². The van der Waals surface area contributed by atoms with E-state index in [4.69, 9.17) is 0 Å². The van der Waals surface area contributed by atoms with E-state index in [-0.39, 0.29) is 35.9 Å². The molecule has 5 heteroatoms. The monoisotopic (exact) mass is 286 g/mol. The highest BCUT2D eigenvalue weighted by Crippen LogP contribution is 2.39. The lowest BCUT2D eigenvalue weighted by Gasteiger charge is -2.54. The summed E-state index contributed by atoms with van der Waals surface area (Å²) in [4.78, 5) is 0. The third kappa shape index (κ3) is 4.25. The van der Waals surface area contributed by atoms with E-state index in [2.05, 4.69) is 48.8 Å². The van der Waals surface area contributed by atoms with Crippen LogP contribution in [0.3, 0.4) is 0 Å². The second-order valence-corrected chi connectivity index (χ2v) is 7.11. The van der Waals surface area contributed by atoms with Gasteiger partial charge in [-0.3, -0.25) is 0 Å². The summed E-state index contributed by atoms with van der Waals surface area (Å²) >= 11 is 0. The Hall–Kier alpha value is 0.460. The lowest BCUT2D eigenvalue weighted by Crippen LogP contribution is -3.00. The van der Waals surface area contributed by atoms with Crippen molar-refractivity contribution in [3.8, 4) is 0 Å². The minimum Gasteiger partial charge on any atom is -1.00 e. The van der Waals surface area contributed by atoms with Crippen LogP contribution in [0.15, 0.2) is 0 Å². The zero-order chi connectivity index (χ0) is 12.1. The van der Waals surface area contributed by atoms with Crippen LogP contribution < -0.4 is 12.4 Å². The van der Waals surface area contributed by atoms with Gasteiger partial charge in [0.1, 0.15) is 0 Å². The first-order valence-corrected chi connectivity index (χ1v) is 5.77. The summed E-state index contributed by atoms with van der Waals surface area (Å²) in [5, 5.41) is 11.7. The highest BCUT2D eigenvalue weighted by molar-refractivity contribution is 5.85. The molecule has 1 rings (SSSR count). The van der Waals surface area contributed by atoms with Crippen molar-refractivity contribution in [2.24, 2.45) is 0 Å². The molecule has 0 radical (unpaired) electrons. The van der Waals surface area contributed by atoms with Crippen molar-refractivity contribution in [2.75, 3.05) is 21.1 Å². The van der Waals surface area contributed by atoms with Gasteiger partial charge in [0.05, 0.1) is 27.2 Å². The minimum atomic E-state index is -0.127. The average molecular weight is 287 g/mol. The maximum atomic E-state index is 10.2. The third-order valence-corrected chi connectivity index (χ3v) is 3.71. The highest BCUT2D eigenvalue weighted by Gasteiger charge is 2.48. The Bertz CT molecular complexity index is 231. The molecule has 17 heavy (non-hydrogen) atoms. The van der Waals surface area contributed by atoms with Gasteiger partial charge in [0.25, 0.3) is 0 Å². The fraction of sp³-hybridized carbons (Fsp3) is 1.00. The van der Waals surface area contributed by atoms with E-state index in [1.54, 1.807) is 5.06 Å². The third-order valence-electron chi connectivity index (χ3n) is 3.71. The maximum absolute atomic E-state index is 10.2. The van der Waals surface area contributed by atoms with Crippen LogP contribution in [-0.4, -0.2) is 53.0 Å². The molecule has 1 N–H and O–H groups in total. The Morgan fingerprint density at radius 2 is 1.29 bits per heavy atom. The Morgan fingerprint density at radius 3 is 1.53 bits per heavy atom. The molecule has 106 valence electrons. The molecule has 3 nitrogen and oxygen atoms in total. The van der Waals surface area contributed by atoms with Crippen molar-refractivity contribution in [1.82, 2.24) is 5.06 Å². The van der Waals surface area contributed by atoms with Crippen LogP contribution in [0.25, 0.3) is 0 Å². The molecule has 0 bridgehead atoms. The fourth-order valence-electron chi connectivity index (χ4n) is 2.77. The minimum absolute atomic E-state index is 0. The van der Waals surface area contributed by atoms with Gasteiger partial charge in [-0.1, -0.05) is 0 Å². The lowest BCUT2D eigenvalue weighted by atomic mass is 9.78. The Labute approximate surface area is 119 Å². The van der Waals surface area contributed by atoms with E-state index >= 15 is 0 Å². The van der Waals surface area contributed by atoms with Crippen LogP contribution >= 0.6 is 12.4 Å². The van der Waals surface area contributed by atoms with E-state index in [9.17, 15) is 5.21 Å². The van der Waals surface area contributed by atoms with Gasteiger partial charge >= 0.3 is 0 Å². The van der Waals surface area contributed by atoms with Crippen molar-refractivity contribution >= 4 is 12.4 Å². The predicted molar refractivity (Wildman–Crippen MR) is 70.1 cm³/mol. The topological polar surface area (TPSA) is 23.5 Å². The Kier molecular flexibility index (Phi) is 6.54. The molecule has 1 heterocycles. The molecule has 0 spiro atoms. The van der Waals surface area contributed by atoms with E-state index in [0.717, 1.165) is 17.3 Å². The van der Waals surface area contributed by atoms with Gasteiger partial charge in [-0.25, -0.2) is 0 Å². The number of hydrogen-bond donors (Lipinski definition) is 1. The largest absolute Gasteiger partial charge is 1.00 e. The summed E-state index contributed by atoms with van der Waals surface area (Å²) in [6, 6.07) is 0.610. The SMILES string of the molecule is CC1(C)CC([N+](C)(C)C)CC(C)(C)N1O.Cl.[Cl-]. The lowest BCUT2D eigenvalue weighted by molar-refractivity contribution is -0.899. The van der Waals surface area contributed by atoms with Crippen LogP contribution in [0.5, 0.6) is 0 Å². The number of hydrogen-bond acceptors (Lipinski definition) is 2. The molecule has 0 amide bonds. The summed E-state index contributed by atoms with van der Waals surface area (Å²) in [7, 11) is 6.72. The first-order chi connectivity index (χ1) is 6.47. The van der Waals surface area contributed by atoms with E-state index in [1.165, 1.54) is 0 Å². The second-order valence-electron chi connectivity index (χ2n) is 7.11. The number of hydroxylamine groups is 2. The number of nitrogens with zero attached hydrogens (tertiary/aromatic N) is 2. The van der Waals surface area contributed by atoms with E-state index in [0.29, 0.717) is 6.04 Å². The van der Waals surface area contributed by atoms with Crippen LogP contribution in [-0.2, 0) is 0 Å². The van der Waals surface area contributed by atoms with Gasteiger partial charge in [0.15, 0.2) is 0 Å². The number of rotatable bonds is 1.